The first-order chi connectivity index (χ1) is 17.4. The van der Waals surface area contributed by atoms with Crippen molar-refractivity contribution in [1.29, 1.82) is 0 Å². The molecule has 4 rings (SSSR count). The Labute approximate surface area is 223 Å². The van der Waals surface area contributed by atoms with Gasteiger partial charge in [0.05, 0.1) is 22.9 Å². The van der Waals surface area contributed by atoms with Crippen molar-refractivity contribution in [3.63, 3.8) is 0 Å². The molecule has 0 atom stereocenters. The molecule has 2 saturated heterocycles. The van der Waals surface area contributed by atoms with E-state index in [2.05, 4.69) is 36.9 Å². The van der Waals surface area contributed by atoms with E-state index >= 15 is 0 Å². The van der Waals surface area contributed by atoms with E-state index in [0.29, 0.717) is 35.5 Å². The molecule has 2 aliphatic heterocycles. The molecule has 0 unspecified atom stereocenters. The molecule has 36 heavy (non-hydrogen) atoms. The number of rotatable bonds is 9. The number of carbonyl (C=O) groups is 2. The van der Waals surface area contributed by atoms with E-state index in [0.717, 1.165) is 60.0 Å². The minimum Gasteiger partial charge on any atom is -0.466 e. The van der Waals surface area contributed by atoms with E-state index in [1.807, 2.05) is 19.1 Å². The summed E-state index contributed by atoms with van der Waals surface area (Å²) in [6.07, 6.45) is 7.80. The van der Waals surface area contributed by atoms with Crippen LogP contribution in [0.25, 0.3) is 17.0 Å². The Balaban J connectivity index is 1.62. The summed E-state index contributed by atoms with van der Waals surface area (Å²) in [5.41, 5.74) is 2.98. The lowest BCUT2D eigenvalue weighted by Gasteiger charge is -2.33. The Kier molecular flexibility index (Phi) is 9.01. The number of piperidine rings is 1. The number of ether oxygens (including phenoxy) is 1. The van der Waals surface area contributed by atoms with Gasteiger partial charge in [0.15, 0.2) is 0 Å². The second kappa shape index (κ2) is 12.2. The summed E-state index contributed by atoms with van der Waals surface area (Å²) in [6, 6.07) is 8.27. The number of fused-ring (bicyclic) bond motifs is 1. The molecule has 3 heterocycles. The van der Waals surface area contributed by atoms with Crippen molar-refractivity contribution in [3.8, 4) is 0 Å². The van der Waals surface area contributed by atoms with Gasteiger partial charge in [-0.15, -0.1) is 0 Å². The summed E-state index contributed by atoms with van der Waals surface area (Å²) >= 11 is 6.93. The number of thiocarbonyl (C=S) groups is 1. The van der Waals surface area contributed by atoms with Crippen LogP contribution in [0.4, 0.5) is 5.82 Å². The lowest BCUT2D eigenvalue weighted by atomic mass is 9.96. The summed E-state index contributed by atoms with van der Waals surface area (Å²) in [6.45, 7) is 8.60. The molecule has 0 aliphatic carbocycles. The molecule has 0 radical (unpaired) electrons. The van der Waals surface area contributed by atoms with Gasteiger partial charge in [-0.25, -0.2) is 4.98 Å². The summed E-state index contributed by atoms with van der Waals surface area (Å²) in [5, 5.41) is 1.04. The van der Waals surface area contributed by atoms with Crippen LogP contribution in [0.15, 0.2) is 29.2 Å². The van der Waals surface area contributed by atoms with Crippen molar-refractivity contribution in [2.45, 2.75) is 59.3 Å². The maximum atomic E-state index is 13.2. The number of hydrogen-bond donors (Lipinski definition) is 0. The number of anilines is 1. The molecule has 2 fully saturated rings. The Hall–Kier alpha value is -2.45. The molecule has 1 aromatic carbocycles. The molecule has 1 aromatic heterocycles. The highest BCUT2D eigenvalue weighted by atomic mass is 32.2. The van der Waals surface area contributed by atoms with Crippen LogP contribution in [0.5, 0.6) is 0 Å². The first-order valence-corrected chi connectivity index (χ1v) is 14.2. The van der Waals surface area contributed by atoms with Crippen molar-refractivity contribution in [2.24, 2.45) is 5.92 Å². The molecule has 0 N–H and O–H groups in total. The highest BCUT2D eigenvalue weighted by Gasteiger charge is 2.32. The van der Waals surface area contributed by atoms with Crippen molar-refractivity contribution in [3.05, 3.63) is 40.3 Å². The highest BCUT2D eigenvalue weighted by Crippen LogP contribution is 2.36. The van der Waals surface area contributed by atoms with Crippen LogP contribution in [-0.2, 0) is 14.3 Å². The zero-order chi connectivity index (χ0) is 25.7. The second-order valence-electron chi connectivity index (χ2n) is 9.46. The summed E-state index contributed by atoms with van der Waals surface area (Å²) in [5.74, 6) is 0.656. The number of esters is 1. The lowest BCUT2D eigenvalue weighted by Crippen LogP contribution is -2.37. The SMILES string of the molecule is CCCCCCN1C(=O)/C(=C/c2cc3cccc(C)c3nc2N2CCC(C(=O)OCC)CC2)SC1=S. The minimum absolute atomic E-state index is 0.0159. The van der Waals surface area contributed by atoms with Gasteiger partial charge in [-0.05, 0) is 50.8 Å². The van der Waals surface area contributed by atoms with Gasteiger partial charge in [0.1, 0.15) is 10.1 Å². The fourth-order valence-electron chi connectivity index (χ4n) is 4.83. The number of benzene rings is 1. The van der Waals surface area contributed by atoms with Crippen molar-refractivity contribution in [2.75, 3.05) is 31.1 Å². The van der Waals surface area contributed by atoms with Crippen LogP contribution in [-0.4, -0.2) is 52.3 Å². The monoisotopic (exact) mass is 525 g/mol. The van der Waals surface area contributed by atoms with E-state index in [-0.39, 0.29) is 17.8 Å². The first kappa shape index (κ1) is 26.6. The third kappa shape index (κ3) is 5.92. The Bertz CT molecular complexity index is 1170. The van der Waals surface area contributed by atoms with E-state index in [4.69, 9.17) is 21.9 Å². The molecule has 8 heteroatoms. The predicted octanol–water partition coefficient (Wildman–Crippen LogP) is 6.10. The molecule has 0 saturated carbocycles. The standard InChI is InChI=1S/C28H35N3O3S2/c1-4-6-7-8-14-31-26(32)23(36-28(31)35)18-22-17-21-11-9-10-19(3)24(21)29-25(22)30-15-12-20(13-16-30)27(33)34-5-2/h9-11,17-18,20H,4-8,12-16H2,1-3H3/b23-18-. The third-order valence-electron chi connectivity index (χ3n) is 6.87. The number of aryl methyl sites for hydroxylation is 1. The fraction of sp³-hybridized carbons (Fsp3) is 0.500. The van der Waals surface area contributed by atoms with E-state index in [1.54, 1.807) is 4.90 Å². The van der Waals surface area contributed by atoms with Gasteiger partial charge < -0.3 is 9.64 Å². The van der Waals surface area contributed by atoms with Crippen LogP contribution >= 0.6 is 24.0 Å². The Morgan fingerprint density at radius 1 is 1.22 bits per heavy atom. The topological polar surface area (TPSA) is 62.7 Å². The summed E-state index contributed by atoms with van der Waals surface area (Å²) in [7, 11) is 0. The smallest absolute Gasteiger partial charge is 0.309 e. The number of unbranched alkanes of at least 4 members (excludes halogenated alkanes) is 3. The van der Waals surface area contributed by atoms with Gasteiger partial charge in [-0.1, -0.05) is 68.4 Å². The quantitative estimate of drug-likeness (QED) is 0.170. The van der Waals surface area contributed by atoms with Crippen molar-refractivity contribution >= 4 is 63.0 Å². The van der Waals surface area contributed by atoms with Gasteiger partial charge in [0.25, 0.3) is 5.91 Å². The number of nitrogens with zero attached hydrogens (tertiary/aromatic N) is 3. The molecule has 0 spiro atoms. The Morgan fingerprint density at radius 2 is 2.00 bits per heavy atom. The molecular formula is C28H35N3O3S2. The number of pyridine rings is 1. The number of hydrogen-bond acceptors (Lipinski definition) is 7. The van der Waals surface area contributed by atoms with Gasteiger partial charge in [-0.2, -0.15) is 0 Å². The number of thioether (sulfide) groups is 1. The maximum Gasteiger partial charge on any atom is 0.309 e. The number of aromatic nitrogens is 1. The van der Waals surface area contributed by atoms with E-state index < -0.39 is 0 Å². The summed E-state index contributed by atoms with van der Waals surface area (Å²) in [4.78, 5) is 35.2. The summed E-state index contributed by atoms with van der Waals surface area (Å²) < 4.78 is 5.87. The van der Waals surface area contributed by atoms with Crippen LogP contribution in [0, 0.1) is 12.8 Å². The predicted molar refractivity (Wildman–Crippen MR) is 152 cm³/mol. The molecular weight excluding hydrogens is 490 g/mol. The third-order valence-corrected chi connectivity index (χ3v) is 8.24. The van der Waals surface area contributed by atoms with Crippen LogP contribution in [0.1, 0.15) is 63.5 Å². The van der Waals surface area contributed by atoms with Gasteiger partial charge in [0.2, 0.25) is 0 Å². The van der Waals surface area contributed by atoms with Crippen LogP contribution < -0.4 is 4.90 Å². The van der Waals surface area contributed by atoms with Crippen molar-refractivity contribution in [1.82, 2.24) is 9.88 Å². The minimum atomic E-state index is -0.109. The largest absolute Gasteiger partial charge is 0.466 e. The molecule has 1 amide bonds. The van der Waals surface area contributed by atoms with E-state index in [1.165, 1.54) is 18.2 Å². The average molecular weight is 526 g/mol. The van der Waals surface area contributed by atoms with E-state index in [9.17, 15) is 9.59 Å². The fourth-order valence-corrected chi connectivity index (χ4v) is 6.13. The number of amides is 1. The maximum absolute atomic E-state index is 13.2. The lowest BCUT2D eigenvalue weighted by molar-refractivity contribution is -0.148. The van der Waals surface area contributed by atoms with Gasteiger partial charge >= 0.3 is 5.97 Å². The molecule has 2 aromatic rings. The first-order valence-electron chi connectivity index (χ1n) is 13.0. The zero-order valence-electron chi connectivity index (χ0n) is 21.4. The second-order valence-corrected chi connectivity index (χ2v) is 11.1. The van der Waals surface area contributed by atoms with Crippen LogP contribution in [0.2, 0.25) is 0 Å². The Morgan fingerprint density at radius 3 is 2.72 bits per heavy atom. The average Bonchev–Trinajstić information content (AvgIpc) is 3.14. The molecule has 192 valence electrons. The molecule has 0 bridgehead atoms. The van der Waals surface area contributed by atoms with Crippen LogP contribution in [0.3, 0.4) is 0 Å². The zero-order valence-corrected chi connectivity index (χ0v) is 23.1. The molecule has 2 aliphatic rings. The van der Waals surface area contributed by atoms with Crippen molar-refractivity contribution < 1.29 is 14.3 Å². The molecule has 6 nitrogen and oxygen atoms in total. The van der Waals surface area contributed by atoms with Gasteiger partial charge in [-0.3, -0.25) is 14.5 Å². The van der Waals surface area contributed by atoms with Gasteiger partial charge in [0, 0.05) is 30.6 Å². The normalized spacial score (nSPS) is 18.0. The highest BCUT2D eigenvalue weighted by molar-refractivity contribution is 8.26. The number of para-hydroxylation sites is 1. The number of carbonyl (C=O) groups excluding carboxylic acids is 2.